The average molecular weight is 261 g/mol. The zero-order valence-electron chi connectivity index (χ0n) is 9.20. The van der Waals surface area contributed by atoms with Gasteiger partial charge in [0.25, 0.3) is 5.56 Å². The van der Waals surface area contributed by atoms with E-state index in [1.165, 1.54) is 0 Å². The number of halogens is 1. The van der Waals surface area contributed by atoms with Gasteiger partial charge in [0.15, 0.2) is 0 Å². The number of hydrogen-bond acceptors (Lipinski definition) is 3. The van der Waals surface area contributed by atoms with Crippen LogP contribution in [-0.2, 0) is 0 Å². The van der Waals surface area contributed by atoms with Gasteiger partial charge in [0.05, 0.1) is 5.39 Å². The molecule has 0 aliphatic heterocycles. The van der Waals surface area contributed by atoms with Gasteiger partial charge in [-0.2, -0.15) is 4.98 Å². The van der Waals surface area contributed by atoms with Crippen LogP contribution in [0.15, 0.2) is 35.1 Å². The van der Waals surface area contributed by atoms with Crippen LogP contribution in [0.3, 0.4) is 0 Å². The molecule has 0 aliphatic carbocycles. The zero-order chi connectivity index (χ0) is 12.7. The monoisotopic (exact) mass is 260 g/mol. The van der Waals surface area contributed by atoms with Crippen molar-refractivity contribution < 1.29 is 0 Å². The molecule has 0 aliphatic rings. The minimum absolute atomic E-state index is 0.0945. The third-order valence-corrected chi connectivity index (χ3v) is 2.92. The number of aromatic nitrogens is 3. The molecular formula is C12H9ClN4O. The number of benzene rings is 1. The van der Waals surface area contributed by atoms with Crippen molar-refractivity contribution in [2.45, 2.75) is 0 Å². The number of nitrogens with one attached hydrogen (secondary N) is 2. The summed E-state index contributed by atoms with van der Waals surface area (Å²) in [5.41, 5.74) is 7.43. The van der Waals surface area contributed by atoms with Gasteiger partial charge in [-0.05, 0) is 23.8 Å². The van der Waals surface area contributed by atoms with Crippen LogP contribution < -0.4 is 11.3 Å². The van der Waals surface area contributed by atoms with Gasteiger partial charge in [0.1, 0.15) is 5.65 Å². The minimum atomic E-state index is -0.256. The average Bonchev–Trinajstić information content (AvgIpc) is 2.74. The molecule has 0 saturated heterocycles. The van der Waals surface area contributed by atoms with Gasteiger partial charge in [-0.15, -0.1) is 0 Å². The van der Waals surface area contributed by atoms with E-state index in [0.29, 0.717) is 16.1 Å². The molecule has 3 rings (SSSR count). The van der Waals surface area contributed by atoms with Crippen molar-refractivity contribution in [3.05, 3.63) is 45.7 Å². The number of nitrogens with two attached hydrogens (primary N) is 1. The molecule has 1 aromatic carbocycles. The topological polar surface area (TPSA) is 87.6 Å². The number of nitrogens with zero attached hydrogens (tertiary/aromatic N) is 1. The van der Waals surface area contributed by atoms with Gasteiger partial charge in [-0.25, -0.2) is 0 Å². The Balaban J connectivity index is 2.22. The van der Waals surface area contributed by atoms with E-state index in [2.05, 4.69) is 15.0 Å². The molecule has 18 heavy (non-hydrogen) atoms. The summed E-state index contributed by atoms with van der Waals surface area (Å²) in [7, 11) is 0. The van der Waals surface area contributed by atoms with Gasteiger partial charge in [-0.1, -0.05) is 23.7 Å². The van der Waals surface area contributed by atoms with Crippen LogP contribution in [-0.4, -0.2) is 15.0 Å². The second-order valence-corrected chi connectivity index (χ2v) is 4.34. The summed E-state index contributed by atoms with van der Waals surface area (Å²) in [6.07, 6.45) is 0. The van der Waals surface area contributed by atoms with E-state index < -0.39 is 0 Å². The lowest BCUT2D eigenvalue weighted by molar-refractivity contribution is 1.18. The number of nitrogen functional groups attached to an aromatic ring is 1. The maximum Gasteiger partial charge on any atom is 0.261 e. The lowest BCUT2D eigenvalue weighted by Crippen LogP contribution is -2.09. The Morgan fingerprint density at radius 3 is 2.61 bits per heavy atom. The zero-order valence-corrected chi connectivity index (χ0v) is 9.95. The maximum absolute atomic E-state index is 11.7. The molecule has 4 N–H and O–H groups in total. The predicted molar refractivity (Wildman–Crippen MR) is 71.6 cm³/mol. The van der Waals surface area contributed by atoms with E-state index in [1.807, 2.05) is 12.1 Å². The van der Waals surface area contributed by atoms with E-state index in [-0.39, 0.29) is 11.5 Å². The molecule has 2 aromatic heterocycles. The number of anilines is 1. The second-order valence-electron chi connectivity index (χ2n) is 3.90. The molecule has 0 amide bonds. The first kappa shape index (κ1) is 10.9. The molecule has 3 aromatic rings. The maximum atomic E-state index is 11.7. The highest BCUT2D eigenvalue weighted by atomic mass is 35.5. The fourth-order valence-corrected chi connectivity index (χ4v) is 1.95. The summed E-state index contributed by atoms with van der Waals surface area (Å²) in [5.74, 6) is 0.0945. The molecule has 6 heteroatoms. The Kier molecular flexibility index (Phi) is 2.34. The van der Waals surface area contributed by atoms with Crippen molar-refractivity contribution in [3.8, 4) is 11.3 Å². The van der Waals surface area contributed by atoms with Crippen LogP contribution in [0, 0.1) is 0 Å². The standard InChI is InChI=1S/C12H9ClN4O/c13-7-3-1-6(2-4-7)9-5-8-10(15-9)16-12(14)17-11(8)18/h1-5H,(H4,14,15,16,17,18). The molecule has 0 unspecified atom stereocenters. The summed E-state index contributed by atoms with van der Waals surface area (Å²) in [4.78, 5) is 21.2. The summed E-state index contributed by atoms with van der Waals surface area (Å²) in [6, 6.07) is 9.04. The van der Waals surface area contributed by atoms with E-state index in [1.54, 1.807) is 18.2 Å². The molecule has 0 fully saturated rings. The summed E-state index contributed by atoms with van der Waals surface area (Å²) in [6.45, 7) is 0. The summed E-state index contributed by atoms with van der Waals surface area (Å²) < 4.78 is 0. The Hall–Kier alpha value is -2.27. The van der Waals surface area contributed by atoms with E-state index in [0.717, 1.165) is 11.3 Å². The van der Waals surface area contributed by atoms with Crippen LogP contribution in [0.1, 0.15) is 0 Å². The predicted octanol–water partition coefficient (Wildman–Crippen LogP) is 2.15. The van der Waals surface area contributed by atoms with Gasteiger partial charge in [0, 0.05) is 10.7 Å². The van der Waals surface area contributed by atoms with Crippen molar-refractivity contribution in [2.24, 2.45) is 0 Å². The number of rotatable bonds is 1. The third-order valence-electron chi connectivity index (χ3n) is 2.67. The summed E-state index contributed by atoms with van der Waals surface area (Å²) in [5, 5.41) is 1.14. The highest BCUT2D eigenvalue weighted by molar-refractivity contribution is 6.30. The minimum Gasteiger partial charge on any atom is -0.369 e. The van der Waals surface area contributed by atoms with Gasteiger partial charge in [0.2, 0.25) is 5.95 Å². The fraction of sp³-hybridized carbons (Fsp3) is 0. The molecule has 5 nitrogen and oxygen atoms in total. The first-order valence-electron chi connectivity index (χ1n) is 5.28. The highest BCUT2D eigenvalue weighted by Crippen LogP contribution is 2.23. The van der Waals surface area contributed by atoms with Gasteiger partial charge >= 0.3 is 0 Å². The molecule has 0 bridgehead atoms. The lowest BCUT2D eigenvalue weighted by Gasteiger charge is -1.96. The van der Waals surface area contributed by atoms with E-state index in [9.17, 15) is 4.79 Å². The lowest BCUT2D eigenvalue weighted by atomic mass is 10.1. The summed E-state index contributed by atoms with van der Waals surface area (Å²) >= 11 is 5.83. The van der Waals surface area contributed by atoms with Crippen LogP contribution in [0.25, 0.3) is 22.3 Å². The van der Waals surface area contributed by atoms with Crippen molar-refractivity contribution in [3.63, 3.8) is 0 Å². The van der Waals surface area contributed by atoms with Crippen LogP contribution in [0.2, 0.25) is 5.02 Å². The Labute approximate surface area is 107 Å². The third kappa shape index (κ3) is 1.74. The smallest absolute Gasteiger partial charge is 0.261 e. The van der Waals surface area contributed by atoms with Crippen molar-refractivity contribution >= 4 is 28.6 Å². The van der Waals surface area contributed by atoms with Crippen LogP contribution >= 0.6 is 11.6 Å². The van der Waals surface area contributed by atoms with Crippen molar-refractivity contribution in [2.75, 3.05) is 5.73 Å². The Morgan fingerprint density at radius 2 is 1.89 bits per heavy atom. The molecule has 0 atom stereocenters. The molecule has 0 radical (unpaired) electrons. The number of aromatic amines is 2. The van der Waals surface area contributed by atoms with Gasteiger partial charge in [-0.3, -0.25) is 9.78 Å². The number of fused-ring (bicyclic) bond motifs is 1. The highest BCUT2D eigenvalue weighted by Gasteiger charge is 2.08. The van der Waals surface area contributed by atoms with Crippen LogP contribution in [0.4, 0.5) is 5.95 Å². The number of H-pyrrole nitrogens is 2. The Morgan fingerprint density at radius 1 is 1.17 bits per heavy atom. The molecule has 2 heterocycles. The fourth-order valence-electron chi connectivity index (χ4n) is 1.82. The van der Waals surface area contributed by atoms with E-state index >= 15 is 0 Å². The molecular weight excluding hydrogens is 252 g/mol. The Bertz CT molecular complexity index is 773. The largest absolute Gasteiger partial charge is 0.369 e. The van der Waals surface area contributed by atoms with Crippen LogP contribution in [0.5, 0.6) is 0 Å². The quantitative estimate of drug-likeness (QED) is 0.626. The first-order valence-corrected chi connectivity index (χ1v) is 5.66. The van der Waals surface area contributed by atoms with Gasteiger partial charge < -0.3 is 10.7 Å². The normalized spacial score (nSPS) is 10.9. The van der Waals surface area contributed by atoms with Crippen molar-refractivity contribution in [1.82, 2.24) is 15.0 Å². The second kappa shape index (κ2) is 3.89. The molecule has 90 valence electrons. The van der Waals surface area contributed by atoms with Crippen molar-refractivity contribution in [1.29, 1.82) is 0 Å². The van der Waals surface area contributed by atoms with E-state index in [4.69, 9.17) is 17.3 Å². The first-order chi connectivity index (χ1) is 8.63. The SMILES string of the molecule is Nc1nc2[nH]c(-c3ccc(Cl)cc3)cc2c(=O)[nH]1. The molecule has 0 spiro atoms. The number of hydrogen-bond donors (Lipinski definition) is 3. The molecule has 0 saturated carbocycles.